The molecule has 7 heteroatoms. The minimum absolute atomic E-state index is 0.0327. The first kappa shape index (κ1) is 16.4. The van der Waals surface area contributed by atoms with Crippen LogP contribution in [0.15, 0.2) is 18.2 Å². The predicted molar refractivity (Wildman–Crippen MR) is 88.3 cm³/mol. The third-order valence-electron chi connectivity index (χ3n) is 4.39. The molecule has 3 rings (SSSR count). The van der Waals surface area contributed by atoms with E-state index in [0.29, 0.717) is 43.4 Å². The van der Waals surface area contributed by atoms with Crippen molar-refractivity contribution >= 4 is 11.9 Å². The van der Waals surface area contributed by atoms with Crippen LogP contribution in [0, 0.1) is 0 Å². The van der Waals surface area contributed by atoms with Crippen molar-refractivity contribution in [3.63, 3.8) is 0 Å². The molecule has 2 heterocycles. The van der Waals surface area contributed by atoms with Crippen LogP contribution in [-0.4, -0.2) is 49.2 Å². The van der Waals surface area contributed by atoms with Gasteiger partial charge in [-0.15, -0.1) is 0 Å². The molecule has 24 heavy (non-hydrogen) atoms. The second-order valence-corrected chi connectivity index (χ2v) is 6.11. The van der Waals surface area contributed by atoms with E-state index >= 15 is 0 Å². The molecule has 0 aliphatic carbocycles. The van der Waals surface area contributed by atoms with Gasteiger partial charge >= 0.3 is 6.03 Å². The van der Waals surface area contributed by atoms with Gasteiger partial charge < -0.3 is 25.4 Å². The zero-order valence-corrected chi connectivity index (χ0v) is 13.6. The molecule has 1 fully saturated rings. The first-order chi connectivity index (χ1) is 11.6. The summed E-state index contributed by atoms with van der Waals surface area (Å²) in [6.45, 7) is 2.26. The van der Waals surface area contributed by atoms with Gasteiger partial charge in [0.1, 0.15) is 0 Å². The quantitative estimate of drug-likeness (QED) is 0.877. The van der Waals surface area contributed by atoms with Gasteiger partial charge in [0.2, 0.25) is 0 Å². The van der Waals surface area contributed by atoms with Gasteiger partial charge in [0.25, 0.3) is 5.91 Å². The number of primary amides is 1. The normalized spacial score (nSPS) is 20.2. The number of hydrogen-bond donors (Lipinski definition) is 2. The van der Waals surface area contributed by atoms with Gasteiger partial charge in [-0.3, -0.25) is 4.79 Å². The molecule has 3 N–H and O–H groups in total. The number of nitrogens with two attached hydrogens (primary N) is 1. The van der Waals surface area contributed by atoms with Gasteiger partial charge in [-0.25, -0.2) is 4.79 Å². The number of hydrogen-bond acceptors (Lipinski definition) is 4. The fourth-order valence-corrected chi connectivity index (χ4v) is 3.16. The summed E-state index contributed by atoms with van der Waals surface area (Å²) in [5.74, 6) is 1.23. The number of ether oxygens (including phenoxy) is 2. The largest absolute Gasteiger partial charge is 0.490 e. The van der Waals surface area contributed by atoms with Crippen molar-refractivity contribution in [2.24, 2.45) is 5.73 Å². The fourth-order valence-electron chi connectivity index (χ4n) is 3.16. The highest BCUT2D eigenvalue weighted by Crippen LogP contribution is 2.31. The number of fused-ring (bicyclic) bond motifs is 1. The van der Waals surface area contributed by atoms with Crippen LogP contribution in [0.3, 0.4) is 0 Å². The maximum atomic E-state index is 12.9. The number of rotatable bonds is 3. The minimum atomic E-state index is -0.566. The number of amides is 3. The van der Waals surface area contributed by atoms with Crippen molar-refractivity contribution < 1.29 is 19.1 Å². The van der Waals surface area contributed by atoms with E-state index in [2.05, 4.69) is 5.32 Å². The van der Waals surface area contributed by atoms with Gasteiger partial charge in [0.05, 0.1) is 13.2 Å². The zero-order valence-electron chi connectivity index (χ0n) is 13.6. The summed E-state index contributed by atoms with van der Waals surface area (Å²) in [7, 11) is 0. The number of piperidine rings is 1. The van der Waals surface area contributed by atoms with E-state index in [-0.39, 0.29) is 11.9 Å². The standard InChI is InChI=1S/C17H23N3O4/c18-17(22)19-11-13-4-1-2-7-20(13)16(21)12-5-6-14-15(10-12)24-9-3-8-23-14/h5-6,10,13H,1-4,7-9,11H2,(H3,18,19,22)/t13-/m1/s1. The van der Waals surface area contributed by atoms with E-state index in [0.717, 1.165) is 25.7 Å². The highest BCUT2D eigenvalue weighted by atomic mass is 16.5. The third kappa shape index (κ3) is 3.72. The number of carbonyl (C=O) groups is 2. The van der Waals surface area contributed by atoms with Crippen molar-refractivity contribution in [1.82, 2.24) is 10.2 Å². The monoisotopic (exact) mass is 333 g/mol. The summed E-state index contributed by atoms with van der Waals surface area (Å²) < 4.78 is 11.3. The summed E-state index contributed by atoms with van der Waals surface area (Å²) in [5, 5.41) is 2.61. The van der Waals surface area contributed by atoms with Crippen LogP contribution in [0.5, 0.6) is 11.5 Å². The maximum Gasteiger partial charge on any atom is 0.312 e. The molecule has 2 aliphatic heterocycles. The highest BCUT2D eigenvalue weighted by Gasteiger charge is 2.28. The van der Waals surface area contributed by atoms with Crippen LogP contribution in [0.2, 0.25) is 0 Å². The molecule has 0 radical (unpaired) electrons. The van der Waals surface area contributed by atoms with Gasteiger partial charge in [0.15, 0.2) is 11.5 Å². The first-order valence-electron chi connectivity index (χ1n) is 8.39. The molecule has 0 bridgehead atoms. The van der Waals surface area contributed by atoms with E-state index in [1.54, 1.807) is 18.2 Å². The van der Waals surface area contributed by atoms with E-state index in [4.69, 9.17) is 15.2 Å². The minimum Gasteiger partial charge on any atom is -0.490 e. The SMILES string of the molecule is NC(=O)NC[C@H]1CCCCN1C(=O)c1ccc2c(c1)OCCCO2. The van der Waals surface area contributed by atoms with E-state index in [1.165, 1.54) is 0 Å². The molecule has 1 atom stereocenters. The van der Waals surface area contributed by atoms with Crippen LogP contribution in [0.25, 0.3) is 0 Å². The number of urea groups is 1. The number of benzene rings is 1. The van der Waals surface area contributed by atoms with Crippen molar-refractivity contribution in [3.05, 3.63) is 23.8 Å². The molecule has 1 aromatic rings. The molecule has 3 amide bonds. The van der Waals surface area contributed by atoms with Crippen LogP contribution in [-0.2, 0) is 0 Å². The second kappa shape index (κ2) is 7.42. The molecule has 1 saturated heterocycles. The Kier molecular flexibility index (Phi) is 5.08. The van der Waals surface area contributed by atoms with Crippen LogP contribution in [0.1, 0.15) is 36.0 Å². The summed E-state index contributed by atoms with van der Waals surface area (Å²) in [5.41, 5.74) is 5.72. The van der Waals surface area contributed by atoms with E-state index < -0.39 is 6.03 Å². The van der Waals surface area contributed by atoms with Gasteiger partial charge in [-0.1, -0.05) is 0 Å². The topological polar surface area (TPSA) is 93.9 Å². The van der Waals surface area contributed by atoms with Gasteiger partial charge in [-0.2, -0.15) is 0 Å². The first-order valence-corrected chi connectivity index (χ1v) is 8.39. The van der Waals surface area contributed by atoms with E-state index in [9.17, 15) is 9.59 Å². The zero-order chi connectivity index (χ0) is 16.9. The third-order valence-corrected chi connectivity index (χ3v) is 4.39. The van der Waals surface area contributed by atoms with Crippen molar-refractivity contribution in [2.45, 2.75) is 31.7 Å². The molecule has 2 aliphatic rings. The Morgan fingerprint density at radius 2 is 1.96 bits per heavy atom. The molecule has 0 saturated carbocycles. The molecule has 0 aromatic heterocycles. The number of carbonyl (C=O) groups excluding carboxylic acids is 2. The summed E-state index contributed by atoms with van der Waals surface area (Å²) in [6, 6.07) is 4.70. The molecule has 0 unspecified atom stereocenters. The summed E-state index contributed by atoms with van der Waals surface area (Å²) in [4.78, 5) is 25.7. The van der Waals surface area contributed by atoms with Crippen LogP contribution >= 0.6 is 0 Å². The summed E-state index contributed by atoms with van der Waals surface area (Å²) in [6.07, 6.45) is 3.68. The highest BCUT2D eigenvalue weighted by molar-refractivity contribution is 5.95. The van der Waals surface area contributed by atoms with Gasteiger partial charge in [0, 0.05) is 31.1 Å². The number of nitrogens with zero attached hydrogens (tertiary/aromatic N) is 1. The number of likely N-dealkylation sites (tertiary alicyclic amines) is 1. The Hall–Kier alpha value is -2.44. The fraction of sp³-hybridized carbons (Fsp3) is 0.529. The average molecular weight is 333 g/mol. The molecule has 0 spiro atoms. The molecular weight excluding hydrogens is 310 g/mol. The lowest BCUT2D eigenvalue weighted by Crippen LogP contribution is -2.50. The van der Waals surface area contributed by atoms with E-state index in [1.807, 2.05) is 4.90 Å². The Morgan fingerprint density at radius 1 is 1.17 bits per heavy atom. The Bertz CT molecular complexity index is 620. The van der Waals surface area contributed by atoms with Crippen molar-refractivity contribution in [2.75, 3.05) is 26.3 Å². The lowest BCUT2D eigenvalue weighted by molar-refractivity contribution is 0.0614. The molecule has 7 nitrogen and oxygen atoms in total. The Balaban J connectivity index is 1.76. The molecule has 130 valence electrons. The average Bonchev–Trinajstić information content (AvgIpc) is 2.84. The molecular formula is C17H23N3O4. The predicted octanol–water partition coefficient (Wildman–Crippen LogP) is 1.51. The van der Waals surface area contributed by atoms with Gasteiger partial charge in [-0.05, 0) is 37.5 Å². The summed E-state index contributed by atoms with van der Waals surface area (Å²) >= 11 is 0. The lowest BCUT2D eigenvalue weighted by atomic mass is 10.0. The Morgan fingerprint density at radius 3 is 2.75 bits per heavy atom. The van der Waals surface area contributed by atoms with Crippen molar-refractivity contribution in [1.29, 1.82) is 0 Å². The van der Waals surface area contributed by atoms with Crippen LogP contribution in [0.4, 0.5) is 4.79 Å². The Labute approximate surface area is 141 Å². The maximum absolute atomic E-state index is 12.9. The molecule has 1 aromatic carbocycles. The van der Waals surface area contributed by atoms with Crippen molar-refractivity contribution in [3.8, 4) is 11.5 Å². The number of nitrogens with one attached hydrogen (secondary N) is 1. The smallest absolute Gasteiger partial charge is 0.312 e. The lowest BCUT2D eigenvalue weighted by Gasteiger charge is -2.36. The second-order valence-electron chi connectivity index (χ2n) is 6.11. The van der Waals surface area contributed by atoms with Crippen LogP contribution < -0.4 is 20.5 Å².